The predicted molar refractivity (Wildman–Crippen MR) is 83.6 cm³/mol. The quantitative estimate of drug-likeness (QED) is 0.840. The Morgan fingerprint density at radius 3 is 2.52 bits per heavy atom. The van der Waals surface area contributed by atoms with Crippen molar-refractivity contribution in [2.75, 3.05) is 0 Å². The van der Waals surface area contributed by atoms with Gasteiger partial charge in [0, 0.05) is 5.69 Å². The summed E-state index contributed by atoms with van der Waals surface area (Å²) in [5.74, 6) is -0.650. The van der Waals surface area contributed by atoms with Crippen LogP contribution in [-0.2, 0) is 4.79 Å². The lowest BCUT2D eigenvalue weighted by Crippen LogP contribution is -2.45. The number of amides is 2. The highest BCUT2D eigenvalue weighted by atomic mass is 16.2. The number of nitrogens with zero attached hydrogens (tertiary/aromatic N) is 1. The highest BCUT2D eigenvalue weighted by Crippen LogP contribution is 2.10. The van der Waals surface area contributed by atoms with Crippen molar-refractivity contribution in [3.05, 3.63) is 35.2 Å². The molecule has 1 rings (SSSR count). The number of carbonyl (C=O) groups is 2. The molecular formula is C16H23N3O2. The first-order chi connectivity index (χ1) is 9.85. The number of hydrogen-bond donors (Lipinski definition) is 2. The minimum Gasteiger partial charge on any atom is -0.368 e. The molecule has 0 aliphatic rings. The number of nitrogens with two attached hydrogens (primary N) is 1. The minimum atomic E-state index is -0.671. The molecule has 0 unspecified atom stereocenters. The summed E-state index contributed by atoms with van der Waals surface area (Å²) in [6, 6.07) is 2.80. The third kappa shape index (κ3) is 5.02. The fourth-order valence-electron chi connectivity index (χ4n) is 2.00. The van der Waals surface area contributed by atoms with Crippen molar-refractivity contribution in [3.63, 3.8) is 0 Å². The predicted octanol–water partition coefficient (Wildman–Crippen LogP) is 2.05. The number of rotatable bonds is 6. The molecular weight excluding hydrogens is 266 g/mol. The molecule has 3 N–H and O–H groups in total. The van der Waals surface area contributed by atoms with Crippen molar-refractivity contribution in [2.45, 2.75) is 40.2 Å². The van der Waals surface area contributed by atoms with Gasteiger partial charge in [0.25, 0.3) is 5.91 Å². The van der Waals surface area contributed by atoms with Crippen molar-refractivity contribution in [2.24, 2.45) is 11.7 Å². The second-order valence-electron chi connectivity index (χ2n) is 5.43. The maximum atomic E-state index is 12.2. The number of carbonyl (C=O) groups excluding carboxylic acids is 2. The second kappa shape index (κ2) is 7.57. The van der Waals surface area contributed by atoms with Gasteiger partial charge >= 0.3 is 0 Å². The highest BCUT2D eigenvalue weighted by molar-refractivity contribution is 5.96. The van der Waals surface area contributed by atoms with Crippen LogP contribution in [0.4, 0.5) is 0 Å². The Labute approximate surface area is 125 Å². The molecule has 0 saturated heterocycles. The van der Waals surface area contributed by atoms with Gasteiger partial charge in [-0.15, -0.1) is 0 Å². The fraction of sp³-hybridized carbons (Fsp3) is 0.438. The Kier molecular flexibility index (Phi) is 6.09. The Bertz CT molecular complexity index is 550. The Balaban J connectivity index is 2.87. The molecule has 1 aromatic rings. The molecule has 1 heterocycles. The van der Waals surface area contributed by atoms with Gasteiger partial charge in [-0.1, -0.05) is 32.1 Å². The first kappa shape index (κ1) is 16.9. The Morgan fingerprint density at radius 1 is 1.38 bits per heavy atom. The molecule has 0 aromatic carbocycles. The van der Waals surface area contributed by atoms with Crippen LogP contribution in [0.5, 0.6) is 0 Å². The van der Waals surface area contributed by atoms with E-state index in [0.29, 0.717) is 6.42 Å². The highest BCUT2D eigenvalue weighted by Gasteiger charge is 2.20. The van der Waals surface area contributed by atoms with E-state index in [9.17, 15) is 9.59 Å². The molecule has 1 aromatic heterocycles. The fourth-order valence-corrected chi connectivity index (χ4v) is 2.00. The van der Waals surface area contributed by atoms with Crippen LogP contribution >= 0.6 is 0 Å². The molecule has 0 saturated carbocycles. The average Bonchev–Trinajstić information content (AvgIpc) is 2.39. The lowest BCUT2D eigenvalue weighted by Gasteiger charge is -2.17. The maximum Gasteiger partial charge on any atom is 0.270 e. The van der Waals surface area contributed by atoms with E-state index in [-0.39, 0.29) is 17.5 Å². The first-order valence-electron chi connectivity index (χ1n) is 7.05. The number of primary amides is 1. The van der Waals surface area contributed by atoms with Gasteiger partial charge in [0.2, 0.25) is 5.91 Å². The molecule has 0 aliphatic heterocycles. The summed E-state index contributed by atoms with van der Waals surface area (Å²) in [4.78, 5) is 27.8. The summed E-state index contributed by atoms with van der Waals surface area (Å²) < 4.78 is 0. The van der Waals surface area contributed by atoms with E-state index in [1.807, 2.05) is 45.9 Å². The topological polar surface area (TPSA) is 85.1 Å². The molecule has 5 heteroatoms. The number of allylic oxidation sites excluding steroid dienone is 1. The van der Waals surface area contributed by atoms with Gasteiger partial charge in [-0.25, -0.2) is 4.98 Å². The van der Waals surface area contributed by atoms with E-state index >= 15 is 0 Å². The summed E-state index contributed by atoms with van der Waals surface area (Å²) in [7, 11) is 0. The van der Waals surface area contributed by atoms with E-state index in [4.69, 9.17) is 5.73 Å². The molecule has 0 radical (unpaired) electrons. The van der Waals surface area contributed by atoms with Crippen LogP contribution < -0.4 is 11.1 Å². The average molecular weight is 289 g/mol. The number of nitrogens with one attached hydrogen (secondary N) is 1. The van der Waals surface area contributed by atoms with E-state index in [1.165, 1.54) is 0 Å². The Morgan fingerprint density at radius 2 is 2.05 bits per heavy atom. The molecule has 0 aliphatic carbocycles. The van der Waals surface area contributed by atoms with Gasteiger partial charge in [0.1, 0.15) is 11.7 Å². The van der Waals surface area contributed by atoms with E-state index in [2.05, 4.69) is 10.3 Å². The molecule has 0 bridgehead atoms. The van der Waals surface area contributed by atoms with Crippen LogP contribution in [0.2, 0.25) is 0 Å². The van der Waals surface area contributed by atoms with Crippen LogP contribution in [0, 0.1) is 12.8 Å². The summed E-state index contributed by atoms with van der Waals surface area (Å²) in [6.45, 7) is 7.70. The van der Waals surface area contributed by atoms with Gasteiger partial charge in [0.15, 0.2) is 0 Å². The Hall–Kier alpha value is -2.17. The smallest absolute Gasteiger partial charge is 0.270 e. The normalized spacial score (nSPS) is 12.6. The van der Waals surface area contributed by atoms with Crippen LogP contribution in [0.15, 0.2) is 18.2 Å². The molecule has 1 atom stereocenters. The first-order valence-corrected chi connectivity index (χ1v) is 7.05. The SMILES string of the molecule is C/C=C\c1ccc(C(=O)N[C@@H](CC(C)C)C(N)=O)nc1C. The van der Waals surface area contributed by atoms with Crippen LogP contribution in [0.25, 0.3) is 6.08 Å². The standard InChI is InChI=1S/C16H23N3O2/c1-5-6-12-7-8-13(18-11(12)4)16(21)19-14(15(17)20)9-10(2)3/h5-8,10,14H,9H2,1-4H3,(H2,17,20)(H,19,21)/b6-5-/t14-/m0/s1. The molecule has 114 valence electrons. The van der Waals surface area contributed by atoms with Gasteiger partial charge < -0.3 is 11.1 Å². The van der Waals surface area contributed by atoms with Crippen molar-refractivity contribution < 1.29 is 9.59 Å². The van der Waals surface area contributed by atoms with Crippen molar-refractivity contribution in [3.8, 4) is 0 Å². The van der Waals surface area contributed by atoms with Gasteiger partial charge in [-0.05, 0) is 37.8 Å². The van der Waals surface area contributed by atoms with Crippen LogP contribution in [0.1, 0.15) is 48.9 Å². The van der Waals surface area contributed by atoms with Gasteiger partial charge in [-0.3, -0.25) is 9.59 Å². The maximum absolute atomic E-state index is 12.2. The second-order valence-corrected chi connectivity index (χ2v) is 5.43. The number of aryl methyl sites for hydroxylation is 1. The van der Waals surface area contributed by atoms with Gasteiger partial charge in [0.05, 0.1) is 0 Å². The summed E-state index contributed by atoms with van der Waals surface area (Å²) in [6.07, 6.45) is 4.35. The molecule has 21 heavy (non-hydrogen) atoms. The van der Waals surface area contributed by atoms with Crippen molar-refractivity contribution >= 4 is 17.9 Å². The molecule has 2 amide bonds. The third-order valence-electron chi connectivity index (χ3n) is 3.06. The summed E-state index contributed by atoms with van der Waals surface area (Å²) in [5, 5.41) is 2.65. The van der Waals surface area contributed by atoms with Crippen molar-refractivity contribution in [1.29, 1.82) is 0 Å². The number of pyridine rings is 1. The lowest BCUT2D eigenvalue weighted by atomic mass is 10.0. The molecule has 5 nitrogen and oxygen atoms in total. The largest absolute Gasteiger partial charge is 0.368 e. The number of hydrogen-bond acceptors (Lipinski definition) is 3. The summed E-state index contributed by atoms with van der Waals surface area (Å²) >= 11 is 0. The van der Waals surface area contributed by atoms with E-state index < -0.39 is 11.9 Å². The van der Waals surface area contributed by atoms with E-state index in [0.717, 1.165) is 11.3 Å². The van der Waals surface area contributed by atoms with Gasteiger partial charge in [-0.2, -0.15) is 0 Å². The monoisotopic (exact) mass is 289 g/mol. The summed E-state index contributed by atoms with van der Waals surface area (Å²) in [5.41, 5.74) is 7.33. The molecule has 0 fully saturated rings. The molecule has 0 spiro atoms. The van der Waals surface area contributed by atoms with Crippen molar-refractivity contribution in [1.82, 2.24) is 10.3 Å². The minimum absolute atomic E-state index is 0.259. The zero-order valence-electron chi connectivity index (χ0n) is 13.0. The lowest BCUT2D eigenvalue weighted by molar-refractivity contribution is -0.120. The third-order valence-corrected chi connectivity index (χ3v) is 3.06. The van der Waals surface area contributed by atoms with Crippen LogP contribution in [-0.4, -0.2) is 22.8 Å². The van der Waals surface area contributed by atoms with E-state index in [1.54, 1.807) is 6.07 Å². The zero-order chi connectivity index (χ0) is 16.0. The zero-order valence-corrected chi connectivity index (χ0v) is 13.0. The van der Waals surface area contributed by atoms with Crippen LogP contribution in [0.3, 0.4) is 0 Å². The number of aromatic nitrogens is 1.